The fourth-order valence-electron chi connectivity index (χ4n) is 1.72. The number of hydrogen-bond acceptors (Lipinski definition) is 5. The normalized spacial score (nSPS) is 10.4. The van der Waals surface area contributed by atoms with Gasteiger partial charge in [0.2, 0.25) is 5.91 Å². The summed E-state index contributed by atoms with van der Waals surface area (Å²) in [6, 6.07) is -0.318. The van der Waals surface area contributed by atoms with Crippen LogP contribution in [-0.2, 0) is 11.3 Å². The molecule has 22 heavy (non-hydrogen) atoms. The van der Waals surface area contributed by atoms with Gasteiger partial charge in [0.1, 0.15) is 6.54 Å². The standard InChI is InChI=1S/C12H18N8O2/c1-7-11(8(2)16-15-7)14-10(21)6-20-5-9(17-18-20)13-12(22)19(3)4/h5H,6H2,1-4H3,(H,13,22)(H,14,21)(H,15,16). The van der Waals surface area contributed by atoms with Gasteiger partial charge < -0.3 is 10.2 Å². The van der Waals surface area contributed by atoms with Crippen molar-refractivity contribution in [2.45, 2.75) is 20.4 Å². The first kappa shape index (κ1) is 15.5. The molecular weight excluding hydrogens is 288 g/mol. The smallest absolute Gasteiger partial charge is 0.322 e. The van der Waals surface area contributed by atoms with Crippen molar-refractivity contribution in [2.24, 2.45) is 0 Å². The second-order valence-electron chi connectivity index (χ2n) is 4.98. The molecule has 0 saturated carbocycles. The average Bonchev–Trinajstić information content (AvgIpc) is 3.00. The van der Waals surface area contributed by atoms with Gasteiger partial charge in [-0.3, -0.25) is 15.2 Å². The molecule has 10 nitrogen and oxygen atoms in total. The van der Waals surface area contributed by atoms with E-state index in [9.17, 15) is 9.59 Å². The number of anilines is 2. The number of aryl methyl sites for hydroxylation is 2. The van der Waals surface area contributed by atoms with Gasteiger partial charge in [-0.1, -0.05) is 5.21 Å². The first-order chi connectivity index (χ1) is 10.4. The van der Waals surface area contributed by atoms with E-state index in [2.05, 4.69) is 31.1 Å². The number of H-pyrrole nitrogens is 1. The molecule has 0 aliphatic rings. The molecule has 2 rings (SSSR count). The molecule has 0 fully saturated rings. The molecule has 118 valence electrons. The number of nitrogens with one attached hydrogen (secondary N) is 3. The summed E-state index contributed by atoms with van der Waals surface area (Å²) in [5.41, 5.74) is 2.15. The highest BCUT2D eigenvalue weighted by Gasteiger charge is 2.12. The largest absolute Gasteiger partial charge is 0.331 e. The lowest BCUT2D eigenvalue weighted by molar-refractivity contribution is -0.116. The van der Waals surface area contributed by atoms with E-state index in [1.165, 1.54) is 15.8 Å². The maximum atomic E-state index is 12.0. The predicted octanol–water partition coefficient (Wildman–Crippen LogP) is 0.350. The van der Waals surface area contributed by atoms with Crippen LogP contribution in [0.15, 0.2) is 6.20 Å². The Hall–Kier alpha value is -2.91. The number of hydrogen-bond donors (Lipinski definition) is 3. The van der Waals surface area contributed by atoms with E-state index < -0.39 is 0 Å². The number of amides is 3. The van der Waals surface area contributed by atoms with Crippen molar-refractivity contribution in [1.82, 2.24) is 30.1 Å². The van der Waals surface area contributed by atoms with Gasteiger partial charge in [0.25, 0.3) is 0 Å². The minimum Gasteiger partial charge on any atom is -0.331 e. The third-order valence-corrected chi connectivity index (χ3v) is 2.88. The zero-order valence-electron chi connectivity index (χ0n) is 12.8. The minimum atomic E-state index is -0.318. The highest BCUT2D eigenvalue weighted by Crippen LogP contribution is 2.15. The van der Waals surface area contributed by atoms with Crippen molar-refractivity contribution < 1.29 is 9.59 Å². The summed E-state index contributed by atoms with van der Waals surface area (Å²) in [5, 5.41) is 19.7. The van der Waals surface area contributed by atoms with Gasteiger partial charge in [-0.15, -0.1) is 5.10 Å². The van der Waals surface area contributed by atoms with Crippen LogP contribution in [0.1, 0.15) is 11.4 Å². The van der Waals surface area contributed by atoms with E-state index in [1.54, 1.807) is 21.0 Å². The van der Waals surface area contributed by atoms with E-state index in [4.69, 9.17) is 0 Å². The minimum absolute atomic E-state index is 0.0190. The van der Waals surface area contributed by atoms with E-state index >= 15 is 0 Å². The van der Waals surface area contributed by atoms with E-state index in [0.717, 1.165) is 5.69 Å². The number of aromatic nitrogens is 5. The quantitative estimate of drug-likeness (QED) is 0.752. The van der Waals surface area contributed by atoms with Crippen molar-refractivity contribution >= 4 is 23.4 Å². The van der Waals surface area contributed by atoms with Crippen LogP contribution in [0.25, 0.3) is 0 Å². The SMILES string of the molecule is Cc1n[nH]c(C)c1NC(=O)Cn1cc(NC(=O)N(C)C)nn1. The Labute approximate surface area is 126 Å². The summed E-state index contributed by atoms with van der Waals surface area (Å²) in [7, 11) is 3.23. The Bertz CT molecular complexity index is 668. The molecule has 2 heterocycles. The van der Waals surface area contributed by atoms with E-state index in [-0.39, 0.29) is 24.3 Å². The fraction of sp³-hybridized carbons (Fsp3) is 0.417. The van der Waals surface area contributed by atoms with Crippen LogP contribution in [0.5, 0.6) is 0 Å². The van der Waals surface area contributed by atoms with Crippen LogP contribution < -0.4 is 10.6 Å². The van der Waals surface area contributed by atoms with Gasteiger partial charge in [0.05, 0.1) is 23.3 Å². The van der Waals surface area contributed by atoms with E-state index in [0.29, 0.717) is 11.4 Å². The molecule has 0 unspecified atom stereocenters. The van der Waals surface area contributed by atoms with Crippen LogP contribution in [0.2, 0.25) is 0 Å². The first-order valence-electron chi connectivity index (χ1n) is 6.56. The van der Waals surface area contributed by atoms with Gasteiger partial charge in [0.15, 0.2) is 5.82 Å². The Balaban J connectivity index is 1.95. The third kappa shape index (κ3) is 3.59. The molecule has 0 atom stereocenters. The topological polar surface area (TPSA) is 121 Å². The second-order valence-corrected chi connectivity index (χ2v) is 4.98. The zero-order chi connectivity index (χ0) is 16.3. The monoisotopic (exact) mass is 306 g/mol. The molecule has 0 bridgehead atoms. The molecule has 0 saturated heterocycles. The molecular formula is C12H18N8O2. The molecule has 10 heteroatoms. The van der Waals surface area contributed by atoms with E-state index in [1.807, 2.05) is 6.92 Å². The van der Waals surface area contributed by atoms with Crippen molar-refractivity contribution in [3.05, 3.63) is 17.6 Å². The first-order valence-corrected chi connectivity index (χ1v) is 6.56. The summed E-state index contributed by atoms with van der Waals surface area (Å²) in [5.74, 6) is 0.0187. The lowest BCUT2D eigenvalue weighted by Gasteiger charge is -2.09. The molecule has 2 aromatic rings. The summed E-state index contributed by atoms with van der Waals surface area (Å²) in [6.45, 7) is 3.60. The average molecular weight is 306 g/mol. The summed E-state index contributed by atoms with van der Waals surface area (Å²) in [6.07, 6.45) is 1.48. The molecule has 0 radical (unpaired) electrons. The summed E-state index contributed by atoms with van der Waals surface area (Å²) < 4.78 is 1.34. The Kier molecular flexibility index (Phi) is 4.39. The number of nitrogens with zero attached hydrogens (tertiary/aromatic N) is 5. The van der Waals surface area contributed by atoms with Crippen molar-refractivity contribution in [1.29, 1.82) is 0 Å². The van der Waals surface area contributed by atoms with Crippen LogP contribution in [-0.4, -0.2) is 56.1 Å². The number of urea groups is 1. The Morgan fingerprint density at radius 1 is 1.32 bits per heavy atom. The number of carbonyl (C=O) groups is 2. The number of aromatic amines is 1. The van der Waals surface area contributed by atoms with Crippen LogP contribution in [0, 0.1) is 13.8 Å². The molecule has 3 amide bonds. The molecule has 0 aliphatic carbocycles. The van der Waals surface area contributed by atoms with Gasteiger partial charge in [-0.2, -0.15) is 5.10 Å². The van der Waals surface area contributed by atoms with Gasteiger partial charge in [-0.25, -0.2) is 9.48 Å². The molecule has 3 N–H and O–H groups in total. The Morgan fingerprint density at radius 3 is 2.64 bits per heavy atom. The molecule has 0 aromatic carbocycles. The highest BCUT2D eigenvalue weighted by molar-refractivity contribution is 5.91. The molecule has 2 aromatic heterocycles. The summed E-state index contributed by atoms with van der Waals surface area (Å²) >= 11 is 0. The molecule has 0 spiro atoms. The Morgan fingerprint density at radius 2 is 2.05 bits per heavy atom. The summed E-state index contributed by atoms with van der Waals surface area (Å²) in [4.78, 5) is 24.8. The van der Waals surface area contributed by atoms with Crippen LogP contribution in [0.3, 0.4) is 0 Å². The van der Waals surface area contributed by atoms with Crippen LogP contribution in [0.4, 0.5) is 16.3 Å². The predicted molar refractivity (Wildman–Crippen MR) is 79.4 cm³/mol. The van der Waals surface area contributed by atoms with Gasteiger partial charge in [0, 0.05) is 14.1 Å². The van der Waals surface area contributed by atoms with Crippen molar-refractivity contribution in [2.75, 3.05) is 24.7 Å². The fourth-order valence-corrected chi connectivity index (χ4v) is 1.72. The van der Waals surface area contributed by atoms with Gasteiger partial charge >= 0.3 is 6.03 Å². The van der Waals surface area contributed by atoms with Crippen LogP contribution >= 0.6 is 0 Å². The van der Waals surface area contributed by atoms with Gasteiger partial charge in [-0.05, 0) is 13.8 Å². The number of rotatable bonds is 4. The maximum Gasteiger partial charge on any atom is 0.322 e. The second kappa shape index (κ2) is 6.24. The van der Waals surface area contributed by atoms with Crippen molar-refractivity contribution in [3.63, 3.8) is 0 Å². The molecule has 0 aliphatic heterocycles. The lowest BCUT2D eigenvalue weighted by atomic mass is 10.3. The highest BCUT2D eigenvalue weighted by atomic mass is 16.2. The zero-order valence-corrected chi connectivity index (χ0v) is 12.8. The maximum absolute atomic E-state index is 12.0. The van der Waals surface area contributed by atoms with Crippen molar-refractivity contribution in [3.8, 4) is 0 Å². The lowest BCUT2D eigenvalue weighted by Crippen LogP contribution is -2.27. The number of carbonyl (C=O) groups excluding carboxylic acids is 2. The third-order valence-electron chi connectivity index (χ3n) is 2.88.